The number of methoxy groups -OCH3 is 1. The summed E-state index contributed by atoms with van der Waals surface area (Å²) >= 11 is 2.90. The zero-order valence-electron chi connectivity index (χ0n) is 14.7. The fraction of sp³-hybridized carbons (Fsp3) is 0.150. The summed E-state index contributed by atoms with van der Waals surface area (Å²) in [4.78, 5) is 31.8. The van der Waals surface area contributed by atoms with Gasteiger partial charge in [-0.25, -0.2) is 9.79 Å². The molecule has 5 nitrogen and oxygen atoms in total. The van der Waals surface area contributed by atoms with Crippen molar-refractivity contribution in [2.75, 3.05) is 7.11 Å². The van der Waals surface area contributed by atoms with Gasteiger partial charge in [0, 0.05) is 4.88 Å². The first-order chi connectivity index (χ1) is 13.1. The highest BCUT2D eigenvalue weighted by molar-refractivity contribution is 7.11. The van der Waals surface area contributed by atoms with Crippen LogP contribution >= 0.6 is 22.7 Å². The summed E-state index contributed by atoms with van der Waals surface area (Å²) in [6.07, 6.45) is 1.87. The Kier molecular flexibility index (Phi) is 4.63. The Morgan fingerprint density at radius 1 is 1.22 bits per heavy atom. The maximum atomic E-state index is 13.2. The van der Waals surface area contributed by atoms with Crippen LogP contribution in [0.4, 0.5) is 0 Å². The largest absolute Gasteiger partial charge is 0.466 e. The van der Waals surface area contributed by atoms with Crippen LogP contribution in [-0.4, -0.2) is 17.6 Å². The second kappa shape index (κ2) is 7.09. The molecule has 27 heavy (non-hydrogen) atoms. The molecule has 1 aromatic carbocycles. The number of nitrogens with zero attached hydrogens (tertiary/aromatic N) is 2. The normalized spacial score (nSPS) is 16.8. The minimum Gasteiger partial charge on any atom is -0.466 e. The fourth-order valence-corrected chi connectivity index (χ4v) is 4.92. The molecule has 1 atom stereocenters. The van der Waals surface area contributed by atoms with Crippen LogP contribution in [0, 0.1) is 0 Å². The third-order valence-electron chi connectivity index (χ3n) is 4.36. The number of hydrogen-bond acceptors (Lipinski definition) is 6. The number of rotatable bonds is 3. The maximum Gasteiger partial charge on any atom is 0.338 e. The molecular weight excluding hydrogens is 380 g/mol. The van der Waals surface area contributed by atoms with Crippen LogP contribution < -0.4 is 14.9 Å². The number of thiophene rings is 1. The van der Waals surface area contributed by atoms with Crippen LogP contribution in [0.1, 0.15) is 23.4 Å². The first-order valence-corrected chi connectivity index (χ1v) is 9.99. The van der Waals surface area contributed by atoms with E-state index in [2.05, 4.69) is 4.99 Å². The molecule has 0 bridgehead atoms. The van der Waals surface area contributed by atoms with E-state index in [0.29, 0.717) is 20.6 Å². The number of thiazole rings is 1. The lowest BCUT2D eigenvalue weighted by molar-refractivity contribution is -0.136. The third kappa shape index (κ3) is 3.09. The van der Waals surface area contributed by atoms with Gasteiger partial charge in [-0.2, -0.15) is 0 Å². The van der Waals surface area contributed by atoms with E-state index < -0.39 is 12.0 Å². The molecule has 0 spiro atoms. The predicted octanol–water partition coefficient (Wildman–Crippen LogP) is 2.47. The minimum absolute atomic E-state index is 0.157. The molecule has 0 fully saturated rings. The van der Waals surface area contributed by atoms with E-state index in [-0.39, 0.29) is 5.56 Å². The molecule has 136 valence electrons. The monoisotopic (exact) mass is 396 g/mol. The molecule has 4 rings (SSSR count). The van der Waals surface area contributed by atoms with E-state index in [1.165, 1.54) is 18.4 Å². The number of allylic oxidation sites excluding steroid dienone is 1. The molecule has 2 aromatic heterocycles. The van der Waals surface area contributed by atoms with Crippen molar-refractivity contribution in [2.24, 2.45) is 4.99 Å². The molecule has 3 aromatic rings. The molecule has 1 aliphatic heterocycles. The van der Waals surface area contributed by atoms with Crippen molar-refractivity contribution in [3.8, 4) is 0 Å². The van der Waals surface area contributed by atoms with Crippen molar-refractivity contribution in [1.82, 2.24) is 4.57 Å². The van der Waals surface area contributed by atoms with Gasteiger partial charge >= 0.3 is 5.97 Å². The summed E-state index contributed by atoms with van der Waals surface area (Å²) in [7, 11) is 1.34. The molecule has 0 aliphatic carbocycles. The van der Waals surface area contributed by atoms with Gasteiger partial charge in [0.05, 0.1) is 29.0 Å². The van der Waals surface area contributed by atoms with Crippen molar-refractivity contribution in [3.63, 3.8) is 0 Å². The third-order valence-corrected chi connectivity index (χ3v) is 6.16. The lowest BCUT2D eigenvalue weighted by Crippen LogP contribution is -2.39. The first-order valence-electron chi connectivity index (χ1n) is 8.29. The number of fused-ring (bicyclic) bond motifs is 1. The van der Waals surface area contributed by atoms with E-state index in [0.717, 1.165) is 10.4 Å². The fourth-order valence-electron chi connectivity index (χ4n) is 3.15. The molecule has 0 saturated carbocycles. The number of carbonyl (C=O) groups excluding carboxylic acids is 1. The summed E-state index contributed by atoms with van der Waals surface area (Å²) in [5.41, 5.74) is 1.64. The zero-order valence-corrected chi connectivity index (χ0v) is 16.3. The van der Waals surface area contributed by atoms with Gasteiger partial charge in [0.1, 0.15) is 0 Å². The van der Waals surface area contributed by atoms with Crippen molar-refractivity contribution in [2.45, 2.75) is 13.0 Å². The van der Waals surface area contributed by atoms with Gasteiger partial charge in [-0.3, -0.25) is 9.36 Å². The highest BCUT2D eigenvalue weighted by Gasteiger charge is 2.32. The topological polar surface area (TPSA) is 60.7 Å². The molecule has 0 unspecified atom stereocenters. The van der Waals surface area contributed by atoms with Gasteiger partial charge in [-0.15, -0.1) is 11.3 Å². The van der Waals surface area contributed by atoms with E-state index >= 15 is 0 Å². The van der Waals surface area contributed by atoms with Gasteiger partial charge in [-0.05, 0) is 30.0 Å². The van der Waals surface area contributed by atoms with E-state index in [1.54, 1.807) is 22.8 Å². The second-order valence-corrected chi connectivity index (χ2v) is 7.99. The summed E-state index contributed by atoms with van der Waals surface area (Å²) in [6.45, 7) is 1.78. The lowest BCUT2D eigenvalue weighted by atomic mass is 9.96. The van der Waals surface area contributed by atoms with Crippen LogP contribution in [0.15, 0.2) is 68.9 Å². The Morgan fingerprint density at radius 3 is 2.67 bits per heavy atom. The SMILES string of the molecule is COC(=O)C1=C(C)N=c2s/c(=C\c3cccs3)c(=O)n2[C@@H]1c1ccccc1. The van der Waals surface area contributed by atoms with Crippen LogP contribution in [0.5, 0.6) is 0 Å². The number of esters is 1. The van der Waals surface area contributed by atoms with Gasteiger partial charge in [0.25, 0.3) is 5.56 Å². The number of carbonyl (C=O) groups is 1. The second-order valence-electron chi connectivity index (χ2n) is 6.00. The van der Waals surface area contributed by atoms with Crippen molar-refractivity contribution < 1.29 is 9.53 Å². The Labute approximate surface area is 163 Å². The van der Waals surface area contributed by atoms with Crippen LogP contribution in [0.2, 0.25) is 0 Å². The molecule has 3 heterocycles. The Balaban J connectivity index is 2.00. The molecule has 0 saturated heterocycles. The summed E-state index contributed by atoms with van der Waals surface area (Å²) in [6, 6.07) is 12.8. The summed E-state index contributed by atoms with van der Waals surface area (Å²) in [5.74, 6) is -0.474. The van der Waals surface area contributed by atoms with Gasteiger partial charge in [0.15, 0.2) is 4.80 Å². The van der Waals surface area contributed by atoms with Gasteiger partial charge in [0.2, 0.25) is 0 Å². The maximum absolute atomic E-state index is 13.2. The minimum atomic E-state index is -0.555. The highest BCUT2D eigenvalue weighted by Crippen LogP contribution is 2.30. The first kappa shape index (κ1) is 17.6. The van der Waals surface area contributed by atoms with Gasteiger partial charge in [-0.1, -0.05) is 47.7 Å². The smallest absolute Gasteiger partial charge is 0.338 e. The summed E-state index contributed by atoms with van der Waals surface area (Å²) in [5, 5.41) is 1.97. The standard InChI is InChI=1S/C20H16N2O3S2/c1-12-16(19(24)25-2)17(13-7-4-3-5-8-13)22-18(23)15(27-20(22)21-12)11-14-9-6-10-26-14/h3-11,17H,1-2H3/b15-11-/t17-/m1/s1. The van der Waals surface area contributed by atoms with E-state index in [4.69, 9.17) is 4.74 Å². The molecule has 0 N–H and O–H groups in total. The Hall–Kier alpha value is -2.77. The van der Waals surface area contributed by atoms with Crippen molar-refractivity contribution in [1.29, 1.82) is 0 Å². The lowest BCUT2D eigenvalue weighted by Gasteiger charge is -2.24. The van der Waals surface area contributed by atoms with Crippen LogP contribution in [-0.2, 0) is 9.53 Å². The Bertz CT molecular complexity index is 1200. The highest BCUT2D eigenvalue weighted by atomic mass is 32.1. The average molecular weight is 396 g/mol. The number of hydrogen-bond donors (Lipinski definition) is 0. The van der Waals surface area contributed by atoms with Crippen molar-refractivity contribution >= 4 is 34.7 Å². The zero-order chi connectivity index (χ0) is 19.0. The molecule has 7 heteroatoms. The molecule has 0 amide bonds. The number of benzene rings is 1. The Morgan fingerprint density at radius 2 is 2.00 bits per heavy atom. The van der Waals surface area contributed by atoms with Crippen LogP contribution in [0.25, 0.3) is 6.08 Å². The van der Waals surface area contributed by atoms with Crippen molar-refractivity contribution in [3.05, 3.63) is 89.2 Å². The molecular formula is C20H16N2O3S2. The van der Waals surface area contributed by atoms with E-state index in [9.17, 15) is 9.59 Å². The van der Waals surface area contributed by atoms with E-state index in [1.807, 2.05) is 53.9 Å². The molecule has 1 aliphatic rings. The van der Waals surface area contributed by atoms with Crippen LogP contribution in [0.3, 0.4) is 0 Å². The quantitative estimate of drug-likeness (QED) is 0.639. The number of aromatic nitrogens is 1. The van der Waals surface area contributed by atoms with Gasteiger partial charge < -0.3 is 4.74 Å². The predicted molar refractivity (Wildman–Crippen MR) is 107 cm³/mol. The average Bonchev–Trinajstić information content (AvgIpc) is 3.29. The number of ether oxygens (including phenoxy) is 1. The summed E-state index contributed by atoms with van der Waals surface area (Å²) < 4.78 is 7.17. The molecule has 0 radical (unpaired) electrons.